The van der Waals surface area contributed by atoms with E-state index in [1.807, 2.05) is 38.1 Å². The van der Waals surface area contributed by atoms with Crippen LogP contribution in [0.2, 0.25) is 0 Å². The van der Waals surface area contributed by atoms with Gasteiger partial charge in [0.15, 0.2) is 0 Å². The molecule has 0 aliphatic carbocycles. The van der Waals surface area contributed by atoms with E-state index in [9.17, 15) is 0 Å². The van der Waals surface area contributed by atoms with Crippen molar-refractivity contribution in [2.45, 2.75) is 18.7 Å². The normalized spacial score (nSPS) is 9.75. The molecule has 0 saturated carbocycles. The predicted molar refractivity (Wildman–Crippen MR) is 92.3 cm³/mol. The van der Waals surface area contributed by atoms with Crippen LogP contribution in [-0.2, 0) is 0 Å². The molecule has 1 nitrogen and oxygen atoms in total. The van der Waals surface area contributed by atoms with E-state index >= 15 is 0 Å². The van der Waals surface area contributed by atoms with Gasteiger partial charge >= 0.3 is 0 Å². The minimum Gasteiger partial charge on any atom is -0.356 e. The fourth-order valence-corrected chi connectivity index (χ4v) is 2.21. The Balaban J connectivity index is 0.000000704. The van der Waals surface area contributed by atoms with Crippen LogP contribution in [-0.4, -0.2) is 0 Å². The van der Waals surface area contributed by atoms with Gasteiger partial charge in [0.05, 0.1) is 0 Å². The van der Waals surface area contributed by atoms with Gasteiger partial charge in [-0.3, -0.25) is 0 Å². The first-order chi connectivity index (χ1) is 9.81. The first kappa shape index (κ1) is 14.5. The van der Waals surface area contributed by atoms with E-state index in [-0.39, 0.29) is 0 Å². The van der Waals surface area contributed by atoms with E-state index < -0.39 is 0 Å². The van der Waals surface area contributed by atoms with E-state index in [0.29, 0.717) is 0 Å². The SMILES string of the molecule is CC.Sc1ccc2cc(Nc3ccccc3)ccc2c1. The van der Waals surface area contributed by atoms with Gasteiger partial charge in [0.1, 0.15) is 0 Å². The average Bonchev–Trinajstić information content (AvgIpc) is 2.50. The van der Waals surface area contributed by atoms with Crippen molar-refractivity contribution in [1.82, 2.24) is 0 Å². The van der Waals surface area contributed by atoms with Gasteiger partial charge in [0.25, 0.3) is 0 Å². The third-order valence-electron chi connectivity index (χ3n) is 2.89. The Kier molecular flexibility index (Phi) is 5.08. The summed E-state index contributed by atoms with van der Waals surface area (Å²) in [5.74, 6) is 0. The second-order valence-corrected chi connectivity index (χ2v) is 4.75. The zero-order chi connectivity index (χ0) is 14.4. The quantitative estimate of drug-likeness (QED) is 0.557. The second kappa shape index (κ2) is 7.01. The Bertz CT molecular complexity index is 677. The summed E-state index contributed by atoms with van der Waals surface area (Å²) in [6.45, 7) is 4.00. The Morgan fingerprint density at radius 2 is 1.35 bits per heavy atom. The van der Waals surface area contributed by atoms with Crippen molar-refractivity contribution >= 4 is 34.8 Å². The average molecular weight is 281 g/mol. The fourth-order valence-electron chi connectivity index (χ4n) is 2.00. The Hall–Kier alpha value is -1.93. The number of fused-ring (bicyclic) bond motifs is 1. The highest BCUT2D eigenvalue weighted by Crippen LogP contribution is 2.24. The zero-order valence-corrected chi connectivity index (χ0v) is 12.7. The standard InChI is InChI=1S/C16H13NS.C2H6/c18-16-9-7-12-10-15(8-6-13(12)11-16)17-14-4-2-1-3-5-14;1-2/h1-11,17-18H;1-2H3. The fraction of sp³-hybridized carbons (Fsp3) is 0.111. The molecule has 0 heterocycles. The zero-order valence-electron chi connectivity index (χ0n) is 11.8. The lowest BCUT2D eigenvalue weighted by Gasteiger charge is -2.07. The molecular weight excluding hydrogens is 262 g/mol. The maximum atomic E-state index is 4.35. The summed E-state index contributed by atoms with van der Waals surface area (Å²) in [5, 5.41) is 5.82. The largest absolute Gasteiger partial charge is 0.356 e. The van der Waals surface area contributed by atoms with Gasteiger partial charge in [-0.2, -0.15) is 0 Å². The molecule has 3 aromatic carbocycles. The smallest absolute Gasteiger partial charge is 0.0390 e. The maximum Gasteiger partial charge on any atom is 0.0390 e. The molecule has 0 spiro atoms. The highest BCUT2D eigenvalue weighted by molar-refractivity contribution is 7.80. The number of para-hydroxylation sites is 1. The van der Waals surface area contributed by atoms with Crippen molar-refractivity contribution in [3.05, 3.63) is 66.7 Å². The van der Waals surface area contributed by atoms with Crippen LogP contribution in [0, 0.1) is 0 Å². The van der Waals surface area contributed by atoms with Crippen LogP contribution in [0.5, 0.6) is 0 Å². The van der Waals surface area contributed by atoms with E-state index in [2.05, 4.69) is 60.4 Å². The molecule has 2 heteroatoms. The van der Waals surface area contributed by atoms with Crippen molar-refractivity contribution in [2.75, 3.05) is 5.32 Å². The minimum atomic E-state index is 0.992. The summed E-state index contributed by atoms with van der Waals surface area (Å²) < 4.78 is 0. The molecule has 20 heavy (non-hydrogen) atoms. The van der Waals surface area contributed by atoms with Crippen LogP contribution in [0.3, 0.4) is 0 Å². The molecule has 0 amide bonds. The summed E-state index contributed by atoms with van der Waals surface area (Å²) in [4.78, 5) is 0.992. The van der Waals surface area contributed by atoms with Gasteiger partial charge in [-0.05, 0) is 47.2 Å². The van der Waals surface area contributed by atoms with Crippen LogP contribution >= 0.6 is 12.6 Å². The molecule has 1 N–H and O–H groups in total. The van der Waals surface area contributed by atoms with Crippen molar-refractivity contribution in [3.8, 4) is 0 Å². The number of rotatable bonds is 2. The van der Waals surface area contributed by atoms with Crippen LogP contribution in [0.1, 0.15) is 13.8 Å². The molecule has 0 bridgehead atoms. The second-order valence-electron chi connectivity index (χ2n) is 4.24. The molecular formula is C18H19NS. The molecule has 3 rings (SSSR count). The van der Waals surface area contributed by atoms with E-state index in [1.54, 1.807) is 0 Å². The third kappa shape index (κ3) is 3.55. The van der Waals surface area contributed by atoms with E-state index in [4.69, 9.17) is 0 Å². The van der Waals surface area contributed by atoms with Gasteiger partial charge < -0.3 is 5.32 Å². The minimum absolute atomic E-state index is 0.992. The third-order valence-corrected chi connectivity index (χ3v) is 3.16. The van der Waals surface area contributed by atoms with Gasteiger partial charge in [0, 0.05) is 16.3 Å². The van der Waals surface area contributed by atoms with Crippen molar-refractivity contribution in [2.24, 2.45) is 0 Å². The van der Waals surface area contributed by atoms with Crippen LogP contribution < -0.4 is 5.32 Å². The Labute approximate surface area is 126 Å². The molecule has 0 saturated heterocycles. The molecule has 3 aromatic rings. The predicted octanol–water partition coefficient (Wildman–Crippen LogP) is 5.90. The number of thiol groups is 1. The highest BCUT2D eigenvalue weighted by Gasteiger charge is 1.97. The number of hydrogen-bond acceptors (Lipinski definition) is 2. The highest BCUT2D eigenvalue weighted by atomic mass is 32.1. The summed E-state index contributed by atoms with van der Waals surface area (Å²) in [7, 11) is 0. The number of hydrogen-bond donors (Lipinski definition) is 2. The molecule has 0 fully saturated rings. The molecule has 0 aliphatic heterocycles. The summed E-state index contributed by atoms with van der Waals surface area (Å²) in [6.07, 6.45) is 0. The molecule has 0 atom stereocenters. The maximum absolute atomic E-state index is 4.35. The van der Waals surface area contributed by atoms with Crippen molar-refractivity contribution in [1.29, 1.82) is 0 Å². The lowest BCUT2D eigenvalue weighted by Crippen LogP contribution is -1.89. The molecule has 0 aromatic heterocycles. The van der Waals surface area contributed by atoms with Gasteiger partial charge in [-0.15, -0.1) is 12.6 Å². The summed E-state index contributed by atoms with van der Waals surface area (Å²) in [5.41, 5.74) is 2.20. The number of benzene rings is 3. The lowest BCUT2D eigenvalue weighted by atomic mass is 10.1. The van der Waals surface area contributed by atoms with Crippen molar-refractivity contribution in [3.63, 3.8) is 0 Å². The van der Waals surface area contributed by atoms with Gasteiger partial charge in [-0.25, -0.2) is 0 Å². The topological polar surface area (TPSA) is 12.0 Å². The number of nitrogens with one attached hydrogen (secondary N) is 1. The molecule has 0 aliphatic rings. The number of anilines is 2. The Morgan fingerprint density at radius 1 is 0.700 bits per heavy atom. The molecule has 0 radical (unpaired) electrons. The van der Waals surface area contributed by atoms with Gasteiger partial charge in [0.2, 0.25) is 0 Å². The van der Waals surface area contributed by atoms with E-state index in [0.717, 1.165) is 16.3 Å². The monoisotopic (exact) mass is 281 g/mol. The van der Waals surface area contributed by atoms with E-state index in [1.165, 1.54) is 10.8 Å². The first-order valence-electron chi connectivity index (χ1n) is 6.86. The first-order valence-corrected chi connectivity index (χ1v) is 7.31. The van der Waals surface area contributed by atoms with Crippen LogP contribution in [0.4, 0.5) is 11.4 Å². The summed E-state index contributed by atoms with van der Waals surface area (Å²) >= 11 is 4.35. The van der Waals surface area contributed by atoms with Crippen molar-refractivity contribution < 1.29 is 0 Å². The summed E-state index contributed by atoms with van der Waals surface area (Å²) in [6, 6.07) is 22.7. The van der Waals surface area contributed by atoms with Crippen LogP contribution in [0.25, 0.3) is 10.8 Å². The Morgan fingerprint density at radius 3 is 2.10 bits per heavy atom. The lowest BCUT2D eigenvalue weighted by molar-refractivity contribution is 1.50. The molecule has 0 unspecified atom stereocenters. The van der Waals surface area contributed by atoms with Gasteiger partial charge in [-0.1, -0.05) is 44.2 Å². The van der Waals surface area contributed by atoms with Crippen LogP contribution in [0.15, 0.2) is 71.6 Å². The molecule has 102 valence electrons.